The summed E-state index contributed by atoms with van der Waals surface area (Å²) < 4.78 is 5.15. The topological polar surface area (TPSA) is 47.3 Å². The van der Waals surface area contributed by atoms with Gasteiger partial charge in [0.05, 0.1) is 7.11 Å². The number of nitrogens with two attached hydrogens (primary N) is 1. The van der Waals surface area contributed by atoms with Gasteiger partial charge in [-0.25, -0.2) is 0 Å². The number of piperidine rings is 1. The van der Waals surface area contributed by atoms with Gasteiger partial charge in [0, 0.05) is 11.8 Å². The molecule has 2 rings (SSSR count). The summed E-state index contributed by atoms with van der Waals surface area (Å²) in [6.07, 6.45) is 4.96. The Morgan fingerprint density at radius 3 is 3.00 bits per heavy atom. The maximum Gasteiger partial charge on any atom is 0.120 e. The standard InChI is InChI=1S/C14H22N2O/c1-17-13-7-6-12(14(15)9-13)5-4-11-3-2-8-16-10-11/h6-7,9,11,16H,2-5,8,10,15H2,1H3. The number of aryl methyl sites for hydroxylation is 1. The first-order valence-corrected chi connectivity index (χ1v) is 6.42. The van der Waals surface area contributed by atoms with Crippen molar-refractivity contribution in [1.82, 2.24) is 5.32 Å². The van der Waals surface area contributed by atoms with Crippen molar-refractivity contribution in [2.45, 2.75) is 25.7 Å². The van der Waals surface area contributed by atoms with E-state index < -0.39 is 0 Å². The molecule has 0 bridgehead atoms. The predicted molar refractivity (Wildman–Crippen MR) is 71.3 cm³/mol. The minimum Gasteiger partial charge on any atom is -0.497 e. The highest BCUT2D eigenvalue weighted by Crippen LogP contribution is 2.23. The predicted octanol–water partition coefficient (Wildman–Crippen LogP) is 2.21. The molecule has 1 saturated heterocycles. The van der Waals surface area contributed by atoms with Crippen molar-refractivity contribution < 1.29 is 4.74 Å². The molecule has 3 nitrogen and oxygen atoms in total. The van der Waals surface area contributed by atoms with E-state index in [1.807, 2.05) is 12.1 Å². The fraction of sp³-hybridized carbons (Fsp3) is 0.571. The molecule has 0 amide bonds. The molecule has 1 aliphatic heterocycles. The smallest absolute Gasteiger partial charge is 0.120 e. The van der Waals surface area contributed by atoms with Gasteiger partial charge in [-0.3, -0.25) is 0 Å². The maximum absolute atomic E-state index is 6.02. The number of anilines is 1. The molecule has 1 aromatic carbocycles. The average Bonchev–Trinajstić information content (AvgIpc) is 2.38. The van der Waals surface area contributed by atoms with Crippen LogP contribution in [0.25, 0.3) is 0 Å². The lowest BCUT2D eigenvalue weighted by atomic mass is 9.92. The number of hydrogen-bond acceptors (Lipinski definition) is 3. The summed E-state index contributed by atoms with van der Waals surface area (Å²) in [6.45, 7) is 2.34. The second-order valence-corrected chi connectivity index (χ2v) is 4.82. The summed E-state index contributed by atoms with van der Waals surface area (Å²) in [7, 11) is 1.67. The molecule has 1 heterocycles. The lowest BCUT2D eigenvalue weighted by Gasteiger charge is -2.22. The van der Waals surface area contributed by atoms with Gasteiger partial charge in [-0.05, 0) is 56.3 Å². The minimum atomic E-state index is 0.810. The first kappa shape index (κ1) is 12.2. The van der Waals surface area contributed by atoms with Gasteiger partial charge in [-0.2, -0.15) is 0 Å². The van der Waals surface area contributed by atoms with Gasteiger partial charge in [0.15, 0.2) is 0 Å². The average molecular weight is 234 g/mol. The van der Waals surface area contributed by atoms with Gasteiger partial charge in [0.1, 0.15) is 5.75 Å². The van der Waals surface area contributed by atoms with Crippen molar-refractivity contribution in [3.63, 3.8) is 0 Å². The number of methoxy groups -OCH3 is 1. The minimum absolute atomic E-state index is 0.810. The van der Waals surface area contributed by atoms with E-state index in [2.05, 4.69) is 11.4 Å². The first-order chi connectivity index (χ1) is 8.29. The maximum atomic E-state index is 6.02. The molecule has 0 saturated carbocycles. The van der Waals surface area contributed by atoms with Gasteiger partial charge >= 0.3 is 0 Å². The van der Waals surface area contributed by atoms with E-state index in [0.29, 0.717) is 0 Å². The molecule has 1 aliphatic rings. The van der Waals surface area contributed by atoms with E-state index in [9.17, 15) is 0 Å². The van der Waals surface area contributed by atoms with Crippen molar-refractivity contribution in [3.8, 4) is 5.75 Å². The Hall–Kier alpha value is -1.22. The molecule has 1 fully saturated rings. The van der Waals surface area contributed by atoms with Crippen LogP contribution in [0.5, 0.6) is 5.75 Å². The van der Waals surface area contributed by atoms with Crippen LogP contribution in [-0.2, 0) is 6.42 Å². The Kier molecular flexibility index (Phi) is 4.26. The van der Waals surface area contributed by atoms with Crippen molar-refractivity contribution in [2.75, 3.05) is 25.9 Å². The van der Waals surface area contributed by atoms with E-state index in [0.717, 1.165) is 30.3 Å². The fourth-order valence-electron chi connectivity index (χ4n) is 2.46. The number of benzene rings is 1. The SMILES string of the molecule is COc1ccc(CCC2CCCNC2)c(N)c1. The van der Waals surface area contributed by atoms with E-state index in [4.69, 9.17) is 10.5 Å². The highest BCUT2D eigenvalue weighted by Gasteiger charge is 2.13. The summed E-state index contributed by atoms with van der Waals surface area (Å²) >= 11 is 0. The first-order valence-electron chi connectivity index (χ1n) is 6.42. The van der Waals surface area contributed by atoms with Crippen LogP contribution in [0.3, 0.4) is 0 Å². The van der Waals surface area contributed by atoms with Crippen molar-refractivity contribution in [2.24, 2.45) is 5.92 Å². The molecule has 3 N–H and O–H groups in total. The Morgan fingerprint density at radius 1 is 1.47 bits per heavy atom. The number of rotatable bonds is 4. The van der Waals surface area contributed by atoms with E-state index >= 15 is 0 Å². The fourth-order valence-corrected chi connectivity index (χ4v) is 2.46. The third kappa shape index (κ3) is 3.37. The quantitative estimate of drug-likeness (QED) is 0.785. The Morgan fingerprint density at radius 2 is 2.35 bits per heavy atom. The van der Waals surface area contributed by atoms with Crippen molar-refractivity contribution in [1.29, 1.82) is 0 Å². The molecule has 0 aliphatic carbocycles. The van der Waals surface area contributed by atoms with Crippen LogP contribution in [0.1, 0.15) is 24.8 Å². The molecule has 94 valence electrons. The van der Waals surface area contributed by atoms with Crippen LogP contribution in [-0.4, -0.2) is 20.2 Å². The second kappa shape index (κ2) is 5.92. The van der Waals surface area contributed by atoms with Gasteiger partial charge in [0.25, 0.3) is 0 Å². The largest absolute Gasteiger partial charge is 0.497 e. The summed E-state index contributed by atoms with van der Waals surface area (Å²) in [5.74, 6) is 1.65. The molecule has 0 radical (unpaired) electrons. The molecule has 1 aromatic rings. The lowest BCUT2D eigenvalue weighted by molar-refractivity contribution is 0.358. The Bertz CT molecular complexity index is 359. The Balaban J connectivity index is 1.89. The van der Waals surface area contributed by atoms with Gasteiger partial charge in [-0.1, -0.05) is 6.07 Å². The van der Waals surface area contributed by atoms with Crippen LogP contribution in [0.15, 0.2) is 18.2 Å². The molecule has 0 spiro atoms. The molecule has 0 aromatic heterocycles. The normalized spacial score (nSPS) is 20.2. The number of ether oxygens (including phenoxy) is 1. The zero-order valence-electron chi connectivity index (χ0n) is 10.5. The number of nitrogen functional groups attached to an aromatic ring is 1. The lowest BCUT2D eigenvalue weighted by Crippen LogP contribution is -2.29. The van der Waals surface area contributed by atoms with E-state index in [-0.39, 0.29) is 0 Å². The van der Waals surface area contributed by atoms with Gasteiger partial charge in [0.2, 0.25) is 0 Å². The van der Waals surface area contributed by atoms with Gasteiger partial charge < -0.3 is 15.8 Å². The third-order valence-electron chi connectivity index (χ3n) is 3.57. The molecule has 17 heavy (non-hydrogen) atoms. The Labute approximate surface area is 103 Å². The summed E-state index contributed by atoms with van der Waals surface area (Å²) in [4.78, 5) is 0. The zero-order chi connectivity index (χ0) is 12.1. The van der Waals surface area contributed by atoms with Crippen LogP contribution in [0.4, 0.5) is 5.69 Å². The number of nitrogens with one attached hydrogen (secondary N) is 1. The van der Waals surface area contributed by atoms with Crippen LogP contribution >= 0.6 is 0 Å². The second-order valence-electron chi connectivity index (χ2n) is 4.82. The molecular weight excluding hydrogens is 212 g/mol. The van der Waals surface area contributed by atoms with E-state index in [1.165, 1.54) is 31.4 Å². The summed E-state index contributed by atoms with van der Waals surface area (Å²) in [5.41, 5.74) is 8.12. The molecule has 1 unspecified atom stereocenters. The molecule has 1 atom stereocenters. The van der Waals surface area contributed by atoms with Crippen LogP contribution in [0.2, 0.25) is 0 Å². The molecule has 3 heteroatoms. The third-order valence-corrected chi connectivity index (χ3v) is 3.57. The number of hydrogen-bond donors (Lipinski definition) is 2. The van der Waals surface area contributed by atoms with Crippen molar-refractivity contribution >= 4 is 5.69 Å². The highest BCUT2D eigenvalue weighted by atomic mass is 16.5. The van der Waals surface area contributed by atoms with Crippen LogP contribution < -0.4 is 15.8 Å². The summed E-state index contributed by atoms with van der Waals surface area (Å²) in [6, 6.07) is 5.99. The highest BCUT2D eigenvalue weighted by molar-refractivity contribution is 5.51. The monoisotopic (exact) mass is 234 g/mol. The summed E-state index contributed by atoms with van der Waals surface area (Å²) in [5, 5.41) is 3.45. The van der Waals surface area contributed by atoms with E-state index in [1.54, 1.807) is 7.11 Å². The van der Waals surface area contributed by atoms with Gasteiger partial charge in [-0.15, -0.1) is 0 Å². The molecular formula is C14H22N2O. The zero-order valence-corrected chi connectivity index (χ0v) is 10.5. The van der Waals surface area contributed by atoms with Crippen molar-refractivity contribution in [3.05, 3.63) is 23.8 Å². The van der Waals surface area contributed by atoms with Crippen LogP contribution in [0, 0.1) is 5.92 Å².